The molecular weight excluding hydrogens is 252 g/mol. The zero-order chi connectivity index (χ0) is 13.9. The van der Waals surface area contributed by atoms with Crippen LogP contribution in [-0.2, 0) is 6.42 Å². The van der Waals surface area contributed by atoms with Crippen molar-refractivity contribution in [3.05, 3.63) is 48.2 Å². The largest absolute Gasteiger partial charge is 0.495 e. The second-order valence-corrected chi connectivity index (χ2v) is 4.34. The number of rotatable bonds is 3. The minimum Gasteiger partial charge on any atom is -0.495 e. The van der Waals surface area contributed by atoms with Gasteiger partial charge in [-0.3, -0.25) is 0 Å². The van der Waals surface area contributed by atoms with E-state index in [0.717, 1.165) is 16.5 Å². The van der Waals surface area contributed by atoms with Gasteiger partial charge in [-0.15, -0.1) is 0 Å². The summed E-state index contributed by atoms with van der Waals surface area (Å²) in [6, 6.07) is 13.8. The monoisotopic (exact) mass is 264 g/mol. The van der Waals surface area contributed by atoms with Crippen LogP contribution < -0.4 is 4.74 Å². The van der Waals surface area contributed by atoms with Crippen molar-refractivity contribution in [2.45, 2.75) is 6.42 Å². The van der Waals surface area contributed by atoms with E-state index in [2.05, 4.69) is 11.1 Å². The average Bonchev–Trinajstić information content (AvgIpc) is 2.86. The van der Waals surface area contributed by atoms with Crippen molar-refractivity contribution < 1.29 is 9.15 Å². The third-order valence-electron chi connectivity index (χ3n) is 3.15. The van der Waals surface area contributed by atoms with E-state index in [-0.39, 0.29) is 6.42 Å². The van der Waals surface area contributed by atoms with Crippen molar-refractivity contribution in [1.29, 1.82) is 5.26 Å². The van der Waals surface area contributed by atoms with Gasteiger partial charge >= 0.3 is 0 Å². The van der Waals surface area contributed by atoms with Crippen LogP contribution in [0.15, 0.2) is 47.0 Å². The van der Waals surface area contributed by atoms with E-state index in [1.807, 2.05) is 36.4 Å². The van der Waals surface area contributed by atoms with Gasteiger partial charge in [0, 0.05) is 16.5 Å². The van der Waals surface area contributed by atoms with Gasteiger partial charge in [-0.1, -0.05) is 30.3 Å². The van der Waals surface area contributed by atoms with E-state index in [4.69, 9.17) is 14.4 Å². The minimum absolute atomic E-state index is 0.270. The molecule has 0 fully saturated rings. The van der Waals surface area contributed by atoms with E-state index in [0.29, 0.717) is 17.2 Å². The number of fused-ring (bicyclic) bond motifs is 1. The Kier molecular flexibility index (Phi) is 3.10. The Hall–Kier alpha value is -2.80. The summed E-state index contributed by atoms with van der Waals surface area (Å²) in [7, 11) is 1.59. The van der Waals surface area contributed by atoms with Crippen LogP contribution in [0.25, 0.3) is 22.4 Å². The lowest BCUT2D eigenvalue weighted by molar-refractivity contribution is 0.413. The molecule has 0 saturated carbocycles. The summed E-state index contributed by atoms with van der Waals surface area (Å²) in [4.78, 5) is 4.24. The van der Waals surface area contributed by atoms with Crippen LogP contribution in [-0.4, -0.2) is 12.1 Å². The fourth-order valence-electron chi connectivity index (χ4n) is 2.20. The maximum Gasteiger partial charge on any atom is 0.227 e. The zero-order valence-corrected chi connectivity index (χ0v) is 11.0. The molecule has 0 bridgehead atoms. The molecule has 0 aliphatic heterocycles. The highest BCUT2D eigenvalue weighted by Gasteiger charge is 2.17. The second-order valence-electron chi connectivity index (χ2n) is 4.34. The normalized spacial score (nSPS) is 10.4. The Morgan fingerprint density at radius 1 is 1.30 bits per heavy atom. The second kappa shape index (κ2) is 5.06. The summed E-state index contributed by atoms with van der Waals surface area (Å²) in [5, 5.41) is 9.88. The average molecular weight is 264 g/mol. The van der Waals surface area contributed by atoms with Gasteiger partial charge < -0.3 is 9.15 Å². The Bertz CT molecular complexity index is 785. The van der Waals surface area contributed by atoms with Crippen LogP contribution in [0.1, 0.15) is 5.56 Å². The molecular formula is C16H12N2O2. The molecule has 3 rings (SSSR count). The predicted molar refractivity (Wildman–Crippen MR) is 75.3 cm³/mol. The molecule has 0 radical (unpaired) electrons. The summed E-state index contributed by atoms with van der Waals surface area (Å²) in [5.41, 5.74) is 2.31. The topological polar surface area (TPSA) is 59.1 Å². The first-order valence-corrected chi connectivity index (χ1v) is 6.21. The first kappa shape index (κ1) is 12.2. The lowest BCUT2D eigenvalue weighted by Crippen LogP contribution is -1.86. The van der Waals surface area contributed by atoms with Crippen LogP contribution in [0.5, 0.6) is 5.75 Å². The summed E-state index contributed by atoms with van der Waals surface area (Å²) in [6.45, 7) is 0. The fourth-order valence-corrected chi connectivity index (χ4v) is 2.20. The van der Waals surface area contributed by atoms with Gasteiger partial charge in [0.2, 0.25) is 5.71 Å². The van der Waals surface area contributed by atoms with Crippen molar-refractivity contribution in [1.82, 2.24) is 4.98 Å². The van der Waals surface area contributed by atoms with Gasteiger partial charge in [-0.05, 0) is 6.07 Å². The highest BCUT2D eigenvalue weighted by molar-refractivity contribution is 5.86. The molecule has 4 nitrogen and oxygen atoms in total. The van der Waals surface area contributed by atoms with Crippen LogP contribution in [0, 0.1) is 11.3 Å². The highest BCUT2D eigenvalue weighted by Crippen LogP contribution is 2.34. The lowest BCUT2D eigenvalue weighted by atomic mass is 10.0. The van der Waals surface area contributed by atoms with Crippen molar-refractivity contribution >= 4 is 11.1 Å². The number of ether oxygens (including phenoxy) is 1. The van der Waals surface area contributed by atoms with Crippen molar-refractivity contribution in [3.8, 4) is 23.1 Å². The Morgan fingerprint density at radius 3 is 2.80 bits per heavy atom. The summed E-state index contributed by atoms with van der Waals surface area (Å²) >= 11 is 0. The maximum absolute atomic E-state index is 9.05. The van der Waals surface area contributed by atoms with Crippen LogP contribution >= 0.6 is 0 Å². The predicted octanol–water partition coefficient (Wildman–Crippen LogP) is 3.57. The number of nitriles is 1. The number of hydrogen-bond donors (Lipinski definition) is 0. The van der Waals surface area contributed by atoms with Gasteiger partial charge in [-0.2, -0.15) is 5.26 Å². The first-order chi connectivity index (χ1) is 9.83. The first-order valence-electron chi connectivity index (χ1n) is 6.21. The number of aromatic nitrogens is 1. The number of hydrogen-bond acceptors (Lipinski definition) is 4. The van der Waals surface area contributed by atoms with E-state index in [1.54, 1.807) is 13.3 Å². The number of pyridine rings is 1. The Morgan fingerprint density at radius 2 is 2.10 bits per heavy atom. The fraction of sp³-hybridized carbons (Fsp3) is 0.125. The third-order valence-corrected chi connectivity index (χ3v) is 3.15. The Balaban J connectivity index is 2.27. The van der Waals surface area contributed by atoms with Gasteiger partial charge in [0.25, 0.3) is 0 Å². The quantitative estimate of drug-likeness (QED) is 0.725. The summed E-state index contributed by atoms with van der Waals surface area (Å²) < 4.78 is 11.0. The van der Waals surface area contributed by atoms with Crippen molar-refractivity contribution in [3.63, 3.8) is 0 Å². The molecule has 0 atom stereocenters. The van der Waals surface area contributed by atoms with E-state index < -0.39 is 0 Å². The molecule has 0 amide bonds. The molecule has 0 unspecified atom stereocenters. The lowest BCUT2D eigenvalue weighted by Gasteiger charge is -1.99. The molecule has 4 heteroatoms. The Labute approximate surface area is 116 Å². The van der Waals surface area contributed by atoms with Crippen molar-refractivity contribution in [2.75, 3.05) is 7.11 Å². The highest BCUT2D eigenvalue weighted by atomic mass is 16.5. The van der Waals surface area contributed by atoms with E-state index in [1.165, 1.54) is 0 Å². The van der Waals surface area contributed by atoms with Crippen LogP contribution in [0.2, 0.25) is 0 Å². The number of methoxy groups -OCH3 is 1. The third kappa shape index (κ3) is 1.99. The molecule has 0 aliphatic carbocycles. The number of benzene rings is 1. The van der Waals surface area contributed by atoms with Crippen molar-refractivity contribution in [2.24, 2.45) is 0 Å². The minimum atomic E-state index is 0.270. The van der Waals surface area contributed by atoms with E-state index >= 15 is 0 Å². The molecule has 2 heterocycles. The van der Waals surface area contributed by atoms with Gasteiger partial charge in [0.15, 0.2) is 0 Å². The number of nitrogens with zero attached hydrogens (tertiary/aromatic N) is 2. The molecule has 0 saturated heterocycles. The van der Waals surface area contributed by atoms with Gasteiger partial charge in [-0.25, -0.2) is 4.98 Å². The summed E-state index contributed by atoms with van der Waals surface area (Å²) in [6.07, 6.45) is 1.88. The molecule has 98 valence electrons. The molecule has 0 spiro atoms. The molecule has 3 aromatic rings. The smallest absolute Gasteiger partial charge is 0.227 e. The van der Waals surface area contributed by atoms with Gasteiger partial charge in [0.1, 0.15) is 11.5 Å². The van der Waals surface area contributed by atoms with E-state index in [9.17, 15) is 0 Å². The molecule has 0 N–H and O–H groups in total. The standard InChI is InChI=1S/C16H12N2O2/c1-19-12-9-14-13(7-8-17)15(20-16(14)18-10-12)11-5-3-2-4-6-11/h2-6,9-10H,7H2,1H3. The molecule has 2 aromatic heterocycles. The molecule has 1 aromatic carbocycles. The van der Waals surface area contributed by atoms with Crippen LogP contribution in [0.4, 0.5) is 0 Å². The zero-order valence-electron chi connectivity index (χ0n) is 11.0. The maximum atomic E-state index is 9.05. The number of furan rings is 1. The van der Waals surface area contributed by atoms with Gasteiger partial charge in [0.05, 0.1) is 25.8 Å². The SMILES string of the molecule is COc1cnc2oc(-c3ccccc3)c(CC#N)c2c1. The summed E-state index contributed by atoms with van der Waals surface area (Å²) in [5.74, 6) is 1.35. The molecule has 20 heavy (non-hydrogen) atoms. The molecule has 0 aliphatic rings. The van der Waals surface area contributed by atoms with Crippen LogP contribution in [0.3, 0.4) is 0 Å².